The van der Waals surface area contributed by atoms with E-state index in [0.29, 0.717) is 16.5 Å². The average Bonchev–Trinajstić information content (AvgIpc) is 2.57. The molecule has 4 nitrogen and oxygen atoms in total. The summed E-state index contributed by atoms with van der Waals surface area (Å²) in [5.41, 5.74) is 0.544. The van der Waals surface area contributed by atoms with E-state index in [0.717, 1.165) is 0 Å². The summed E-state index contributed by atoms with van der Waals surface area (Å²) in [4.78, 5) is 0. The molecule has 96 valence electrons. The molecule has 0 bridgehead atoms. The molecule has 1 N–H and O–H groups in total. The van der Waals surface area contributed by atoms with Crippen molar-refractivity contribution in [3.05, 3.63) is 41.1 Å². The molecule has 0 radical (unpaired) electrons. The zero-order valence-electron chi connectivity index (χ0n) is 9.22. The maximum absolute atomic E-state index is 11.2. The van der Waals surface area contributed by atoms with Gasteiger partial charge in [-0.25, -0.2) is 8.42 Å². The van der Waals surface area contributed by atoms with Gasteiger partial charge in [-0.3, -0.25) is 0 Å². The van der Waals surface area contributed by atoms with Crippen molar-refractivity contribution in [2.75, 3.05) is 11.5 Å². The van der Waals surface area contributed by atoms with Gasteiger partial charge in [-0.2, -0.15) is 0 Å². The molecule has 1 aromatic rings. The van der Waals surface area contributed by atoms with Crippen molar-refractivity contribution in [3.8, 4) is 5.75 Å². The SMILES string of the molecule is O=S1(=O)CC=C(NC(=S)Oc2cccc(Cl)c2)C1. The Morgan fingerprint density at radius 2 is 2.22 bits per heavy atom. The van der Waals surface area contributed by atoms with E-state index >= 15 is 0 Å². The summed E-state index contributed by atoms with van der Waals surface area (Å²) < 4.78 is 27.8. The Balaban J connectivity index is 1.94. The van der Waals surface area contributed by atoms with Gasteiger partial charge in [0.05, 0.1) is 11.5 Å². The van der Waals surface area contributed by atoms with Crippen LogP contribution in [0.2, 0.25) is 5.02 Å². The molecule has 0 aliphatic carbocycles. The van der Waals surface area contributed by atoms with E-state index in [4.69, 9.17) is 28.6 Å². The number of ether oxygens (including phenoxy) is 1. The number of hydrogen-bond acceptors (Lipinski definition) is 4. The molecule has 0 spiro atoms. The third kappa shape index (κ3) is 3.69. The summed E-state index contributed by atoms with van der Waals surface area (Å²) >= 11 is 10.8. The molecule has 18 heavy (non-hydrogen) atoms. The molecular formula is C11H10ClNO3S2. The largest absolute Gasteiger partial charge is 0.432 e. The fourth-order valence-electron chi connectivity index (χ4n) is 1.46. The number of hydrogen-bond donors (Lipinski definition) is 1. The predicted molar refractivity (Wildman–Crippen MR) is 74.6 cm³/mol. The van der Waals surface area contributed by atoms with E-state index in [1.807, 2.05) is 0 Å². The van der Waals surface area contributed by atoms with E-state index < -0.39 is 9.84 Å². The molecule has 0 fully saturated rings. The zero-order chi connectivity index (χ0) is 13.2. The molecule has 1 heterocycles. The standard InChI is InChI=1S/C11H10ClNO3S2/c12-8-2-1-3-10(6-8)16-11(17)13-9-4-5-18(14,15)7-9/h1-4,6H,5,7H2,(H,13,17). The van der Waals surface area contributed by atoms with Crippen LogP contribution in [0.4, 0.5) is 0 Å². The highest BCUT2D eigenvalue weighted by Crippen LogP contribution is 2.17. The van der Waals surface area contributed by atoms with Gasteiger partial charge in [-0.1, -0.05) is 17.7 Å². The molecule has 7 heteroatoms. The lowest BCUT2D eigenvalue weighted by molar-refractivity contribution is 0.542. The Morgan fingerprint density at radius 1 is 1.44 bits per heavy atom. The Labute approximate surface area is 116 Å². The molecule has 0 unspecified atom stereocenters. The molecule has 1 aromatic carbocycles. The van der Waals surface area contributed by atoms with Crippen molar-refractivity contribution < 1.29 is 13.2 Å². The van der Waals surface area contributed by atoms with Gasteiger partial charge < -0.3 is 10.1 Å². The van der Waals surface area contributed by atoms with Gasteiger partial charge in [0.25, 0.3) is 5.17 Å². The lowest BCUT2D eigenvalue weighted by Crippen LogP contribution is -2.27. The van der Waals surface area contributed by atoms with Gasteiger partial charge in [0, 0.05) is 10.7 Å². The van der Waals surface area contributed by atoms with E-state index in [9.17, 15) is 8.42 Å². The van der Waals surface area contributed by atoms with E-state index in [-0.39, 0.29) is 16.7 Å². The highest BCUT2D eigenvalue weighted by Gasteiger charge is 2.20. The van der Waals surface area contributed by atoms with Crippen molar-refractivity contribution in [2.24, 2.45) is 0 Å². The topological polar surface area (TPSA) is 55.4 Å². The smallest absolute Gasteiger partial charge is 0.266 e. The number of rotatable bonds is 2. The first-order valence-electron chi connectivity index (χ1n) is 5.08. The van der Waals surface area contributed by atoms with Gasteiger partial charge >= 0.3 is 0 Å². The highest BCUT2D eigenvalue weighted by atomic mass is 35.5. The average molecular weight is 304 g/mol. The number of sulfone groups is 1. The van der Waals surface area contributed by atoms with Gasteiger partial charge in [0.2, 0.25) is 0 Å². The minimum atomic E-state index is -3.01. The van der Waals surface area contributed by atoms with Crippen molar-refractivity contribution >= 4 is 38.8 Å². The molecule has 2 rings (SSSR count). The number of benzene rings is 1. The molecule has 0 saturated heterocycles. The summed E-state index contributed by atoms with van der Waals surface area (Å²) in [6, 6.07) is 6.78. The quantitative estimate of drug-likeness (QED) is 0.846. The van der Waals surface area contributed by atoms with Crippen molar-refractivity contribution in [3.63, 3.8) is 0 Å². The van der Waals surface area contributed by atoms with Crippen LogP contribution in [0.5, 0.6) is 5.75 Å². The van der Waals surface area contributed by atoms with Crippen LogP contribution < -0.4 is 10.1 Å². The second kappa shape index (κ2) is 5.26. The number of thiocarbonyl (C=S) groups is 1. The minimum absolute atomic E-state index is 0.0357. The minimum Gasteiger partial charge on any atom is -0.432 e. The summed E-state index contributed by atoms with van der Waals surface area (Å²) in [7, 11) is -3.01. The van der Waals surface area contributed by atoms with Crippen LogP contribution in [0.25, 0.3) is 0 Å². The van der Waals surface area contributed by atoms with Crippen LogP contribution in [0.1, 0.15) is 0 Å². The molecule has 0 amide bonds. The van der Waals surface area contributed by atoms with Crippen LogP contribution in [0.15, 0.2) is 36.0 Å². The maximum Gasteiger partial charge on any atom is 0.266 e. The summed E-state index contributed by atoms with van der Waals surface area (Å²) in [5.74, 6) is 0.502. The fraction of sp³-hybridized carbons (Fsp3) is 0.182. The highest BCUT2D eigenvalue weighted by molar-refractivity contribution is 7.92. The van der Waals surface area contributed by atoms with Gasteiger partial charge in [0.1, 0.15) is 5.75 Å². The molecule has 0 atom stereocenters. The number of halogens is 1. The second-order valence-electron chi connectivity index (χ2n) is 3.76. The van der Waals surface area contributed by atoms with Crippen LogP contribution in [-0.4, -0.2) is 25.1 Å². The molecule has 0 aromatic heterocycles. The first-order valence-corrected chi connectivity index (χ1v) is 7.69. The third-order valence-electron chi connectivity index (χ3n) is 2.23. The van der Waals surface area contributed by atoms with Crippen LogP contribution in [0, 0.1) is 0 Å². The monoisotopic (exact) mass is 303 g/mol. The summed E-state index contributed by atoms with van der Waals surface area (Å²) in [5, 5.41) is 3.39. The van der Waals surface area contributed by atoms with Crippen molar-refractivity contribution in [2.45, 2.75) is 0 Å². The maximum atomic E-state index is 11.2. The van der Waals surface area contributed by atoms with E-state index in [1.165, 1.54) is 0 Å². The molecule has 1 aliphatic heterocycles. The van der Waals surface area contributed by atoms with E-state index in [1.54, 1.807) is 30.3 Å². The first-order chi connectivity index (χ1) is 8.44. The lowest BCUT2D eigenvalue weighted by Gasteiger charge is -2.09. The summed E-state index contributed by atoms with van der Waals surface area (Å²) in [6.45, 7) is 0. The van der Waals surface area contributed by atoms with Crippen molar-refractivity contribution in [1.29, 1.82) is 0 Å². The van der Waals surface area contributed by atoms with Crippen LogP contribution in [-0.2, 0) is 9.84 Å². The Bertz CT molecular complexity index is 610. The van der Waals surface area contributed by atoms with Gasteiger partial charge in [-0.15, -0.1) is 0 Å². The van der Waals surface area contributed by atoms with Crippen molar-refractivity contribution in [1.82, 2.24) is 5.32 Å². The van der Waals surface area contributed by atoms with Gasteiger partial charge in [-0.05, 0) is 36.5 Å². The van der Waals surface area contributed by atoms with E-state index in [2.05, 4.69) is 5.32 Å². The Hall–Kier alpha value is -1.11. The first kappa shape index (κ1) is 13.3. The third-order valence-corrected chi connectivity index (χ3v) is 4.07. The van der Waals surface area contributed by atoms with Gasteiger partial charge in [0.15, 0.2) is 9.84 Å². The zero-order valence-corrected chi connectivity index (χ0v) is 11.6. The Kier molecular flexibility index (Phi) is 3.89. The molecule has 0 saturated carbocycles. The van der Waals surface area contributed by atoms with Crippen LogP contribution >= 0.6 is 23.8 Å². The molecule has 1 aliphatic rings. The fourth-order valence-corrected chi connectivity index (χ4v) is 3.11. The molecular weight excluding hydrogens is 294 g/mol. The second-order valence-corrected chi connectivity index (χ2v) is 6.67. The Morgan fingerprint density at radius 3 is 2.83 bits per heavy atom. The lowest BCUT2D eigenvalue weighted by atomic mass is 10.3. The predicted octanol–water partition coefficient (Wildman–Crippen LogP) is 1.91. The normalized spacial score (nSPS) is 17.1. The van der Waals surface area contributed by atoms with Crippen LogP contribution in [0.3, 0.4) is 0 Å². The summed E-state index contributed by atoms with van der Waals surface area (Å²) in [6.07, 6.45) is 1.59. The number of nitrogens with one attached hydrogen (secondary N) is 1.